The van der Waals surface area contributed by atoms with Gasteiger partial charge in [-0.1, -0.05) is 13.8 Å². The zero-order valence-electron chi connectivity index (χ0n) is 15.5. The van der Waals surface area contributed by atoms with Crippen molar-refractivity contribution >= 4 is 11.9 Å². The fourth-order valence-corrected chi connectivity index (χ4v) is 3.37. The van der Waals surface area contributed by atoms with Gasteiger partial charge in [-0.3, -0.25) is 9.78 Å². The summed E-state index contributed by atoms with van der Waals surface area (Å²) >= 11 is 0. The largest absolute Gasteiger partial charge is 0.465 e. The number of esters is 1. The van der Waals surface area contributed by atoms with Crippen molar-refractivity contribution in [1.82, 2.24) is 24.6 Å². The molecule has 0 bridgehead atoms. The van der Waals surface area contributed by atoms with Crippen LogP contribution in [-0.4, -0.2) is 50.2 Å². The van der Waals surface area contributed by atoms with Gasteiger partial charge in [-0.2, -0.15) is 0 Å². The fourth-order valence-electron chi connectivity index (χ4n) is 3.37. The number of aromatic nitrogens is 4. The highest BCUT2D eigenvalue weighted by atomic mass is 16.5. The van der Waals surface area contributed by atoms with Gasteiger partial charge in [-0.15, -0.1) is 10.2 Å². The van der Waals surface area contributed by atoms with Crippen molar-refractivity contribution < 1.29 is 14.3 Å². The summed E-state index contributed by atoms with van der Waals surface area (Å²) < 4.78 is 6.79. The number of amides is 1. The highest BCUT2D eigenvalue weighted by Gasteiger charge is 2.31. The Labute approximate surface area is 152 Å². The number of rotatable bonds is 4. The molecule has 0 saturated heterocycles. The van der Waals surface area contributed by atoms with Gasteiger partial charge in [0.15, 0.2) is 5.82 Å². The number of carbonyl (C=O) groups is 2. The number of pyridine rings is 1. The Balaban J connectivity index is 1.83. The number of hydrogen-bond acceptors (Lipinski definition) is 6. The van der Waals surface area contributed by atoms with E-state index < -0.39 is 5.97 Å². The lowest BCUT2D eigenvalue weighted by atomic mass is 10.0. The van der Waals surface area contributed by atoms with E-state index in [1.54, 1.807) is 17.0 Å². The van der Waals surface area contributed by atoms with Crippen LogP contribution in [-0.2, 0) is 11.3 Å². The van der Waals surface area contributed by atoms with Crippen LogP contribution in [0.25, 0.3) is 0 Å². The molecule has 1 atom stereocenters. The zero-order chi connectivity index (χ0) is 18.8. The molecule has 2 aromatic heterocycles. The summed E-state index contributed by atoms with van der Waals surface area (Å²) in [5, 5.41) is 8.40. The Kier molecular flexibility index (Phi) is 5.01. The van der Waals surface area contributed by atoms with E-state index in [1.165, 1.54) is 13.3 Å². The first kappa shape index (κ1) is 18.0. The highest BCUT2D eigenvalue weighted by Crippen LogP contribution is 2.27. The Morgan fingerprint density at radius 3 is 2.69 bits per heavy atom. The molecule has 3 heterocycles. The van der Waals surface area contributed by atoms with Crippen molar-refractivity contribution in [3.05, 3.63) is 41.2 Å². The molecular formula is C18H23N5O3. The Morgan fingerprint density at radius 1 is 1.31 bits per heavy atom. The lowest BCUT2D eigenvalue weighted by Crippen LogP contribution is -2.42. The van der Waals surface area contributed by atoms with Gasteiger partial charge in [-0.25, -0.2) is 4.79 Å². The second-order valence-corrected chi connectivity index (χ2v) is 6.93. The lowest BCUT2D eigenvalue weighted by Gasteiger charge is -2.35. The molecule has 0 N–H and O–H groups in total. The molecule has 0 radical (unpaired) electrons. The van der Waals surface area contributed by atoms with Gasteiger partial charge in [0.25, 0.3) is 5.91 Å². The Morgan fingerprint density at radius 2 is 2.08 bits per heavy atom. The van der Waals surface area contributed by atoms with Crippen molar-refractivity contribution in [2.24, 2.45) is 5.92 Å². The van der Waals surface area contributed by atoms with Gasteiger partial charge < -0.3 is 14.2 Å². The molecule has 0 spiro atoms. The fraction of sp³-hybridized carbons (Fsp3) is 0.500. The number of nitrogens with zero attached hydrogens (tertiary/aromatic N) is 5. The third-order valence-electron chi connectivity index (χ3n) is 4.50. The van der Waals surface area contributed by atoms with Gasteiger partial charge in [0.2, 0.25) is 0 Å². The van der Waals surface area contributed by atoms with Gasteiger partial charge in [0.1, 0.15) is 11.5 Å². The van der Waals surface area contributed by atoms with Crippen LogP contribution in [0.5, 0.6) is 0 Å². The minimum atomic E-state index is -0.477. The molecule has 0 unspecified atom stereocenters. The average molecular weight is 357 g/mol. The van der Waals surface area contributed by atoms with Gasteiger partial charge in [0.05, 0.1) is 25.3 Å². The molecule has 0 aromatic carbocycles. The van der Waals surface area contributed by atoms with Crippen molar-refractivity contribution in [3.8, 4) is 0 Å². The first-order chi connectivity index (χ1) is 12.4. The SMILES string of the molecule is COC(=O)c1ccc(C(=O)N2Cc3nnc(C)n3[C@@H](CC(C)C)C2)nc1. The number of fused-ring (bicyclic) bond motifs is 1. The minimum absolute atomic E-state index is 0.145. The van der Waals surface area contributed by atoms with Crippen molar-refractivity contribution in [1.29, 1.82) is 0 Å². The van der Waals surface area contributed by atoms with Gasteiger partial charge in [-0.05, 0) is 31.4 Å². The van der Waals surface area contributed by atoms with Crippen LogP contribution in [0.15, 0.2) is 18.3 Å². The maximum atomic E-state index is 12.9. The highest BCUT2D eigenvalue weighted by molar-refractivity contribution is 5.94. The standard InChI is InChI=1S/C18H23N5O3/c1-11(2)7-14-9-22(10-16-21-20-12(3)23(14)16)17(24)15-6-5-13(8-19-15)18(25)26-4/h5-6,8,11,14H,7,9-10H2,1-4H3/t14-/m0/s1. The first-order valence-corrected chi connectivity index (χ1v) is 8.64. The summed E-state index contributed by atoms with van der Waals surface area (Å²) in [4.78, 5) is 30.3. The van der Waals surface area contributed by atoms with Crippen molar-refractivity contribution in [3.63, 3.8) is 0 Å². The van der Waals surface area contributed by atoms with Crippen molar-refractivity contribution in [2.45, 2.75) is 39.8 Å². The molecule has 0 fully saturated rings. The van der Waals surface area contributed by atoms with Crippen LogP contribution in [0.1, 0.15) is 58.8 Å². The third-order valence-corrected chi connectivity index (χ3v) is 4.50. The maximum absolute atomic E-state index is 12.9. The minimum Gasteiger partial charge on any atom is -0.465 e. The number of carbonyl (C=O) groups excluding carboxylic acids is 2. The Bertz CT molecular complexity index is 813. The molecule has 138 valence electrons. The molecule has 8 heteroatoms. The topological polar surface area (TPSA) is 90.2 Å². The lowest BCUT2D eigenvalue weighted by molar-refractivity contribution is 0.0597. The normalized spacial score (nSPS) is 16.5. The van der Waals surface area contributed by atoms with E-state index in [-0.39, 0.29) is 11.9 Å². The molecule has 3 rings (SSSR count). The van der Waals surface area contributed by atoms with Gasteiger partial charge >= 0.3 is 5.97 Å². The third kappa shape index (κ3) is 3.44. The molecule has 2 aromatic rings. The van der Waals surface area contributed by atoms with Crippen LogP contribution in [0.3, 0.4) is 0 Å². The van der Waals surface area contributed by atoms with E-state index in [0.717, 1.165) is 18.1 Å². The predicted molar refractivity (Wildman–Crippen MR) is 93.6 cm³/mol. The second kappa shape index (κ2) is 7.23. The van der Waals surface area contributed by atoms with Gasteiger partial charge in [0, 0.05) is 12.7 Å². The van der Waals surface area contributed by atoms with Crippen LogP contribution in [0, 0.1) is 12.8 Å². The maximum Gasteiger partial charge on any atom is 0.339 e. The van der Waals surface area contributed by atoms with Crippen LogP contribution in [0.4, 0.5) is 0 Å². The summed E-state index contributed by atoms with van der Waals surface area (Å²) in [5.74, 6) is 1.50. The van der Waals surface area contributed by atoms with Crippen LogP contribution >= 0.6 is 0 Å². The zero-order valence-corrected chi connectivity index (χ0v) is 15.5. The van der Waals surface area contributed by atoms with Crippen LogP contribution in [0.2, 0.25) is 0 Å². The summed E-state index contributed by atoms with van der Waals surface area (Å²) in [6.45, 7) is 7.24. The summed E-state index contributed by atoms with van der Waals surface area (Å²) in [7, 11) is 1.31. The molecule has 26 heavy (non-hydrogen) atoms. The molecular weight excluding hydrogens is 334 g/mol. The van der Waals surface area contributed by atoms with E-state index >= 15 is 0 Å². The monoisotopic (exact) mass is 357 g/mol. The number of aryl methyl sites for hydroxylation is 1. The number of ether oxygens (including phenoxy) is 1. The molecule has 1 aliphatic heterocycles. The quantitative estimate of drug-likeness (QED) is 0.778. The first-order valence-electron chi connectivity index (χ1n) is 8.64. The molecule has 1 amide bonds. The Hall–Kier alpha value is -2.77. The molecule has 8 nitrogen and oxygen atoms in total. The van der Waals surface area contributed by atoms with E-state index in [1.807, 2.05) is 6.92 Å². The smallest absolute Gasteiger partial charge is 0.339 e. The second-order valence-electron chi connectivity index (χ2n) is 6.93. The summed E-state index contributed by atoms with van der Waals surface area (Å²) in [5.41, 5.74) is 0.612. The summed E-state index contributed by atoms with van der Waals surface area (Å²) in [6, 6.07) is 3.25. The average Bonchev–Trinajstić information content (AvgIpc) is 3.01. The molecule has 0 aliphatic carbocycles. The van der Waals surface area contributed by atoms with E-state index in [0.29, 0.717) is 30.3 Å². The molecule has 1 aliphatic rings. The van der Waals surface area contributed by atoms with E-state index in [9.17, 15) is 9.59 Å². The van der Waals surface area contributed by atoms with Crippen LogP contribution < -0.4 is 0 Å². The summed E-state index contributed by atoms with van der Waals surface area (Å²) in [6.07, 6.45) is 2.30. The number of methoxy groups -OCH3 is 1. The van der Waals surface area contributed by atoms with Crippen molar-refractivity contribution in [2.75, 3.05) is 13.7 Å². The number of hydrogen-bond donors (Lipinski definition) is 0. The molecule has 0 saturated carbocycles. The predicted octanol–water partition coefficient (Wildman–Crippen LogP) is 2.01. The van der Waals surface area contributed by atoms with E-state index in [2.05, 4.69) is 38.3 Å². The van der Waals surface area contributed by atoms with E-state index in [4.69, 9.17) is 0 Å².